The molecule has 0 aromatic carbocycles. The standard InChI is InChI=1S/C13H24O2S2/c1-3-4-5-7-13(8-9-15-12(2)14)16-10-6-11-17-13/h3-11H2,1-2H3. The molecule has 0 N–H and O–H groups in total. The van der Waals surface area contributed by atoms with Crippen LogP contribution >= 0.6 is 23.5 Å². The van der Waals surface area contributed by atoms with Crippen molar-refractivity contribution >= 4 is 29.5 Å². The molecule has 1 saturated heterocycles. The molecule has 0 spiro atoms. The molecular formula is C13H24O2S2. The van der Waals surface area contributed by atoms with E-state index in [1.54, 1.807) is 0 Å². The Morgan fingerprint density at radius 1 is 1.24 bits per heavy atom. The highest BCUT2D eigenvalue weighted by Crippen LogP contribution is 2.48. The third-order valence-corrected chi connectivity index (χ3v) is 6.53. The lowest BCUT2D eigenvalue weighted by atomic mass is 10.1. The molecule has 0 unspecified atom stereocenters. The van der Waals surface area contributed by atoms with Crippen LogP contribution in [0.5, 0.6) is 0 Å². The van der Waals surface area contributed by atoms with Gasteiger partial charge in [-0.25, -0.2) is 0 Å². The third-order valence-electron chi connectivity index (χ3n) is 2.97. The van der Waals surface area contributed by atoms with Crippen LogP contribution in [0.4, 0.5) is 0 Å². The number of rotatable bonds is 7. The maximum atomic E-state index is 10.8. The molecule has 0 bridgehead atoms. The zero-order valence-electron chi connectivity index (χ0n) is 11.0. The molecule has 0 radical (unpaired) electrons. The zero-order chi connectivity index (χ0) is 12.6. The normalized spacial score (nSPS) is 18.9. The highest BCUT2D eigenvalue weighted by molar-refractivity contribution is 8.18. The fourth-order valence-corrected chi connectivity index (χ4v) is 5.40. The van der Waals surface area contributed by atoms with Crippen LogP contribution in [0.3, 0.4) is 0 Å². The van der Waals surface area contributed by atoms with E-state index in [0.29, 0.717) is 10.7 Å². The Labute approximate surface area is 114 Å². The Morgan fingerprint density at radius 3 is 2.53 bits per heavy atom. The number of hydrogen-bond acceptors (Lipinski definition) is 4. The van der Waals surface area contributed by atoms with E-state index in [2.05, 4.69) is 30.4 Å². The minimum Gasteiger partial charge on any atom is -0.466 e. The Bertz CT molecular complexity index is 225. The highest BCUT2D eigenvalue weighted by Gasteiger charge is 2.33. The Kier molecular flexibility index (Phi) is 7.44. The lowest BCUT2D eigenvalue weighted by Gasteiger charge is -2.36. The van der Waals surface area contributed by atoms with E-state index in [4.69, 9.17) is 4.74 Å². The summed E-state index contributed by atoms with van der Waals surface area (Å²) < 4.78 is 5.43. The summed E-state index contributed by atoms with van der Waals surface area (Å²) in [5, 5.41) is 0. The first-order valence-corrected chi connectivity index (χ1v) is 8.57. The van der Waals surface area contributed by atoms with Gasteiger partial charge in [0, 0.05) is 13.3 Å². The van der Waals surface area contributed by atoms with Crippen LogP contribution in [0.15, 0.2) is 0 Å². The van der Waals surface area contributed by atoms with E-state index < -0.39 is 0 Å². The molecule has 0 atom stereocenters. The van der Waals surface area contributed by atoms with Crippen LogP contribution < -0.4 is 0 Å². The Morgan fingerprint density at radius 2 is 1.94 bits per heavy atom. The van der Waals surface area contributed by atoms with Crippen molar-refractivity contribution in [1.82, 2.24) is 0 Å². The summed E-state index contributed by atoms with van der Waals surface area (Å²) in [4.78, 5) is 10.8. The topological polar surface area (TPSA) is 26.3 Å². The smallest absolute Gasteiger partial charge is 0.302 e. The van der Waals surface area contributed by atoms with E-state index >= 15 is 0 Å². The zero-order valence-corrected chi connectivity index (χ0v) is 12.6. The van der Waals surface area contributed by atoms with Crippen LogP contribution in [-0.2, 0) is 9.53 Å². The number of esters is 1. The van der Waals surface area contributed by atoms with Crippen molar-refractivity contribution in [2.45, 2.75) is 56.5 Å². The van der Waals surface area contributed by atoms with Gasteiger partial charge in [0.25, 0.3) is 0 Å². The number of hydrogen-bond donors (Lipinski definition) is 0. The van der Waals surface area contributed by atoms with E-state index in [1.807, 2.05) is 0 Å². The predicted octanol–water partition coefficient (Wildman–Crippen LogP) is 4.09. The fourth-order valence-electron chi connectivity index (χ4n) is 2.03. The number of thioether (sulfide) groups is 2. The number of unbranched alkanes of at least 4 members (excludes halogenated alkanes) is 2. The van der Waals surface area contributed by atoms with E-state index in [1.165, 1.54) is 50.5 Å². The van der Waals surface area contributed by atoms with Crippen molar-refractivity contribution in [2.75, 3.05) is 18.1 Å². The van der Waals surface area contributed by atoms with Crippen molar-refractivity contribution in [2.24, 2.45) is 0 Å². The summed E-state index contributed by atoms with van der Waals surface area (Å²) >= 11 is 4.17. The van der Waals surface area contributed by atoms with Crippen LogP contribution in [0, 0.1) is 0 Å². The van der Waals surface area contributed by atoms with E-state index in [-0.39, 0.29) is 5.97 Å². The van der Waals surface area contributed by atoms with Gasteiger partial charge in [-0.3, -0.25) is 4.79 Å². The number of carbonyl (C=O) groups excluding carboxylic acids is 1. The summed E-state index contributed by atoms with van der Waals surface area (Å²) in [6, 6.07) is 0. The molecule has 1 aliphatic heterocycles. The van der Waals surface area contributed by atoms with Gasteiger partial charge in [0.05, 0.1) is 10.7 Å². The monoisotopic (exact) mass is 276 g/mol. The van der Waals surface area contributed by atoms with Gasteiger partial charge < -0.3 is 4.74 Å². The lowest BCUT2D eigenvalue weighted by Crippen LogP contribution is -2.27. The second kappa shape index (κ2) is 8.30. The third kappa shape index (κ3) is 6.05. The van der Waals surface area contributed by atoms with E-state index in [0.717, 1.165) is 6.42 Å². The minimum atomic E-state index is -0.153. The van der Waals surface area contributed by atoms with Crippen molar-refractivity contribution < 1.29 is 9.53 Å². The summed E-state index contributed by atoms with van der Waals surface area (Å²) in [5.74, 6) is 2.37. The molecule has 17 heavy (non-hydrogen) atoms. The first kappa shape index (κ1) is 15.2. The first-order chi connectivity index (χ1) is 8.18. The van der Waals surface area contributed by atoms with Crippen LogP contribution in [0.25, 0.3) is 0 Å². The highest BCUT2D eigenvalue weighted by atomic mass is 32.2. The lowest BCUT2D eigenvalue weighted by molar-refractivity contribution is -0.141. The molecular weight excluding hydrogens is 252 g/mol. The van der Waals surface area contributed by atoms with Gasteiger partial charge in [0.2, 0.25) is 0 Å². The largest absolute Gasteiger partial charge is 0.466 e. The molecule has 1 fully saturated rings. The van der Waals surface area contributed by atoms with Crippen molar-refractivity contribution in [3.05, 3.63) is 0 Å². The average molecular weight is 276 g/mol. The van der Waals surface area contributed by atoms with Crippen LogP contribution in [-0.4, -0.2) is 28.2 Å². The molecule has 1 heterocycles. The molecule has 0 saturated carbocycles. The second-order valence-electron chi connectivity index (χ2n) is 4.51. The van der Waals surface area contributed by atoms with Gasteiger partial charge in [0.1, 0.15) is 0 Å². The molecule has 2 nitrogen and oxygen atoms in total. The van der Waals surface area contributed by atoms with Gasteiger partial charge in [-0.1, -0.05) is 26.2 Å². The maximum absolute atomic E-state index is 10.8. The quantitative estimate of drug-likeness (QED) is 0.517. The summed E-state index contributed by atoms with van der Waals surface area (Å²) in [7, 11) is 0. The predicted molar refractivity (Wildman–Crippen MR) is 77.7 cm³/mol. The second-order valence-corrected chi connectivity index (χ2v) is 7.72. The van der Waals surface area contributed by atoms with Gasteiger partial charge >= 0.3 is 5.97 Å². The molecule has 0 amide bonds. The van der Waals surface area contributed by atoms with Gasteiger partial charge in [-0.2, -0.15) is 0 Å². The summed E-state index contributed by atoms with van der Waals surface area (Å²) in [6.45, 7) is 4.32. The first-order valence-electron chi connectivity index (χ1n) is 6.60. The van der Waals surface area contributed by atoms with Crippen molar-refractivity contribution in [3.8, 4) is 0 Å². The Hall–Kier alpha value is 0.170. The SMILES string of the molecule is CCCCCC1(CCOC(C)=O)SCCCS1. The molecule has 0 aromatic heterocycles. The maximum Gasteiger partial charge on any atom is 0.302 e. The molecule has 4 heteroatoms. The molecule has 100 valence electrons. The van der Waals surface area contributed by atoms with E-state index in [9.17, 15) is 4.79 Å². The van der Waals surface area contributed by atoms with Gasteiger partial charge in [0.15, 0.2) is 0 Å². The average Bonchev–Trinajstić information content (AvgIpc) is 2.30. The summed E-state index contributed by atoms with van der Waals surface area (Å²) in [6.07, 6.45) is 7.48. The number of carbonyl (C=O) groups is 1. The molecule has 1 rings (SSSR count). The van der Waals surface area contributed by atoms with Crippen molar-refractivity contribution in [1.29, 1.82) is 0 Å². The van der Waals surface area contributed by atoms with Crippen molar-refractivity contribution in [3.63, 3.8) is 0 Å². The molecule has 0 aromatic rings. The van der Waals surface area contributed by atoms with Gasteiger partial charge in [-0.15, -0.1) is 23.5 Å². The number of ether oxygens (including phenoxy) is 1. The van der Waals surface area contributed by atoms with Crippen LogP contribution in [0.2, 0.25) is 0 Å². The van der Waals surface area contributed by atoms with Crippen LogP contribution in [0.1, 0.15) is 52.4 Å². The molecule has 1 aliphatic rings. The molecule has 0 aliphatic carbocycles. The van der Waals surface area contributed by atoms with Gasteiger partial charge in [-0.05, 0) is 24.3 Å². The summed E-state index contributed by atoms with van der Waals surface area (Å²) in [5.41, 5.74) is 0. The fraction of sp³-hybridized carbons (Fsp3) is 0.923. The Balaban J connectivity index is 2.37. The minimum absolute atomic E-state index is 0.153.